The summed E-state index contributed by atoms with van der Waals surface area (Å²) in [5.41, 5.74) is 0.783. The number of methoxy groups -OCH3 is 1. The second-order valence-corrected chi connectivity index (χ2v) is 13.9. The largest absolute Gasteiger partial charge is 0.504 e. The Morgan fingerprint density at radius 1 is 1.19 bits per heavy atom. The monoisotopic (exact) mass is 513 g/mol. The zero-order valence-electron chi connectivity index (χ0n) is 22.9. The molecule has 5 aliphatic carbocycles. The Kier molecular flexibility index (Phi) is 5.40. The fourth-order valence-corrected chi connectivity index (χ4v) is 9.58. The van der Waals surface area contributed by atoms with Gasteiger partial charge in [-0.1, -0.05) is 26.8 Å². The van der Waals surface area contributed by atoms with Gasteiger partial charge in [0.2, 0.25) is 0 Å². The Balaban J connectivity index is 0.000000804. The van der Waals surface area contributed by atoms with Gasteiger partial charge in [0, 0.05) is 42.0 Å². The Morgan fingerprint density at radius 3 is 2.51 bits per heavy atom. The van der Waals surface area contributed by atoms with Crippen LogP contribution >= 0.6 is 0 Å². The highest BCUT2D eigenvalue weighted by Crippen LogP contribution is 2.78. The van der Waals surface area contributed by atoms with Crippen LogP contribution in [0, 0.1) is 22.7 Å². The van der Waals surface area contributed by atoms with E-state index >= 15 is 0 Å². The third-order valence-electron chi connectivity index (χ3n) is 11.9. The van der Waals surface area contributed by atoms with Crippen LogP contribution in [0.3, 0.4) is 0 Å². The zero-order chi connectivity index (χ0) is 26.6. The topological polar surface area (TPSA) is 99.5 Å². The van der Waals surface area contributed by atoms with E-state index < -0.39 is 11.2 Å². The van der Waals surface area contributed by atoms with Crippen molar-refractivity contribution >= 4 is 6.47 Å². The number of hydrogen-bond acceptors (Lipinski definition) is 6. The van der Waals surface area contributed by atoms with Crippen LogP contribution in [-0.4, -0.2) is 70.2 Å². The maximum absolute atomic E-state index is 12.2. The van der Waals surface area contributed by atoms with Gasteiger partial charge in [-0.3, -0.25) is 9.69 Å². The molecule has 204 valence electrons. The van der Waals surface area contributed by atoms with Gasteiger partial charge in [-0.15, -0.1) is 0 Å². The molecule has 5 fully saturated rings. The summed E-state index contributed by atoms with van der Waals surface area (Å²) in [6.07, 6.45) is 7.64. The first-order chi connectivity index (χ1) is 17.4. The van der Waals surface area contributed by atoms with E-state index in [9.17, 15) is 10.2 Å². The number of phenolic OH excluding ortho intramolecular Hbond substituents is 1. The molecule has 7 nitrogen and oxygen atoms in total. The zero-order valence-corrected chi connectivity index (χ0v) is 22.9. The molecule has 1 aromatic carbocycles. The van der Waals surface area contributed by atoms with E-state index in [1.54, 1.807) is 0 Å². The number of carbonyl (C=O) groups is 1. The average molecular weight is 514 g/mol. The number of piperidine rings is 1. The molecule has 0 amide bonds. The molecule has 0 unspecified atom stereocenters. The lowest BCUT2D eigenvalue weighted by Gasteiger charge is -2.75. The smallest absolute Gasteiger partial charge is 0.290 e. The highest BCUT2D eigenvalue weighted by Gasteiger charge is 2.82. The maximum atomic E-state index is 12.2. The summed E-state index contributed by atoms with van der Waals surface area (Å²) in [4.78, 5) is 11.2. The molecule has 4 bridgehead atoms. The van der Waals surface area contributed by atoms with Crippen molar-refractivity contribution in [1.29, 1.82) is 0 Å². The number of ether oxygens (including phenoxy) is 2. The predicted octanol–water partition coefficient (Wildman–Crippen LogP) is 4.11. The number of fused-ring (bicyclic) bond motifs is 2. The van der Waals surface area contributed by atoms with Gasteiger partial charge in [-0.2, -0.15) is 0 Å². The number of phenols is 1. The Labute approximate surface area is 220 Å². The van der Waals surface area contributed by atoms with Gasteiger partial charge in [-0.25, -0.2) is 0 Å². The van der Waals surface area contributed by atoms with E-state index in [0.717, 1.165) is 44.6 Å². The number of nitrogens with zero attached hydrogens (tertiary/aromatic N) is 1. The molecule has 4 saturated carbocycles. The second kappa shape index (κ2) is 7.86. The van der Waals surface area contributed by atoms with Crippen LogP contribution in [0.1, 0.15) is 77.3 Å². The molecule has 0 radical (unpaired) electrons. The van der Waals surface area contributed by atoms with Gasteiger partial charge in [-0.05, 0) is 81.4 Å². The quantitative estimate of drug-likeness (QED) is 0.521. The molecule has 8 rings (SSSR count). The normalized spacial score (nSPS) is 40.6. The molecule has 2 spiro atoms. The first kappa shape index (κ1) is 25.4. The molecule has 1 aromatic rings. The predicted molar refractivity (Wildman–Crippen MR) is 139 cm³/mol. The van der Waals surface area contributed by atoms with E-state index in [4.69, 9.17) is 19.4 Å². The maximum Gasteiger partial charge on any atom is 0.290 e. The molecular formula is C30H43NO6. The number of likely N-dealkylation sites (tertiary alicyclic amines) is 1. The van der Waals surface area contributed by atoms with Gasteiger partial charge in [0.1, 0.15) is 11.7 Å². The molecule has 7 atom stereocenters. The lowest BCUT2D eigenvalue weighted by molar-refractivity contribution is -0.312. The molecule has 3 N–H and O–H groups in total. The number of aromatic hydroxyl groups is 1. The van der Waals surface area contributed by atoms with Crippen molar-refractivity contribution in [2.75, 3.05) is 20.2 Å². The fourth-order valence-electron chi connectivity index (χ4n) is 9.58. The lowest BCUT2D eigenvalue weighted by atomic mass is 9.33. The van der Waals surface area contributed by atoms with Crippen LogP contribution in [-0.2, 0) is 21.4 Å². The number of aliphatic hydroxyl groups is 1. The minimum absolute atomic E-state index is 0.0294. The third kappa shape index (κ3) is 2.97. The van der Waals surface area contributed by atoms with Gasteiger partial charge in [0.25, 0.3) is 6.47 Å². The summed E-state index contributed by atoms with van der Waals surface area (Å²) in [5.74, 6) is 1.80. The SMILES string of the molecule is CO[C@@]12CC[C@@]3(C[C@@H]1[C@](C)(O)C(C)(C)C)[C@H]1Cc4ccc(O)c5c4[C@@]3(CCN1CC1CC1)[C@H]2O5.O=CO. The average Bonchev–Trinajstić information content (AvgIpc) is 3.58. The molecule has 1 saturated heterocycles. The molecule has 37 heavy (non-hydrogen) atoms. The van der Waals surface area contributed by atoms with Crippen molar-refractivity contribution in [3.8, 4) is 11.5 Å². The van der Waals surface area contributed by atoms with Crippen LogP contribution < -0.4 is 4.74 Å². The summed E-state index contributed by atoms with van der Waals surface area (Å²) in [5, 5.41) is 30.0. The number of hydrogen-bond donors (Lipinski definition) is 3. The molecule has 7 aliphatic rings. The van der Waals surface area contributed by atoms with E-state index in [-0.39, 0.29) is 40.5 Å². The molecular weight excluding hydrogens is 470 g/mol. The van der Waals surface area contributed by atoms with Gasteiger partial charge in [0.05, 0.1) is 5.60 Å². The van der Waals surface area contributed by atoms with Crippen molar-refractivity contribution in [1.82, 2.24) is 4.90 Å². The van der Waals surface area contributed by atoms with Gasteiger partial charge >= 0.3 is 0 Å². The molecule has 0 aromatic heterocycles. The first-order valence-electron chi connectivity index (χ1n) is 14.0. The molecule has 2 aliphatic heterocycles. The Bertz CT molecular complexity index is 1110. The number of benzene rings is 1. The highest BCUT2D eigenvalue weighted by atomic mass is 16.6. The van der Waals surface area contributed by atoms with Crippen LogP contribution in [0.25, 0.3) is 0 Å². The van der Waals surface area contributed by atoms with Gasteiger partial charge < -0.3 is 24.8 Å². The van der Waals surface area contributed by atoms with Crippen LogP contribution in [0.5, 0.6) is 11.5 Å². The van der Waals surface area contributed by atoms with Crippen LogP contribution in [0.2, 0.25) is 0 Å². The van der Waals surface area contributed by atoms with E-state index in [1.807, 2.05) is 20.1 Å². The number of rotatable bonds is 4. The fraction of sp³-hybridized carbons (Fsp3) is 0.767. The van der Waals surface area contributed by atoms with Gasteiger partial charge in [0.15, 0.2) is 11.5 Å². The minimum Gasteiger partial charge on any atom is -0.504 e. The van der Waals surface area contributed by atoms with Crippen LogP contribution in [0.4, 0.5) is 0 Å². The minimum atomic E-state index is -0.909. The highest BCUT2D eigenvalue weighted by molar-refractivity contribution is 5.63. The van der Waals surface area contributed by atoms with Crippen LogP contribution in [0.15, 0.2) is 12.1 Å². The Hall–Kier alpha value is -1.83. The van der Waals surface area contributed by atoms with E-state index in [1.165, 1.54) is 30.5 Å². The second-order valence-electron chi connectivity index (χ2n) is 13.9. The molecule has 2 heterocycles. The summed E-state index contributed by atoms with van der Waals surface area (Å²) in [6.45, 7) is 10.6. The van der Waals surface area contributed by atoms with Crippen molar-refractivity contribution in [3.05, 3.63) is 23.3 Å². The van der Waals surface area contributed by atoms with E-state index in [0.29, 0.717) is 11.8 Å². The van der Waals surface area contributed by atoms with Crippen molar-refractivity contribution in [3.63, 3.8) is 0 Å². The summed E-state index contributed by atoms with van der Waals surface area (Å²) in [6, 6.07) is 4.46. The van der Waals surface area contributed by atoms with E-state index in [2.05, 4.69) is 31.7 Å². The summed E-state index contributed by atoms with van der Waals surface area (Å²) >= 11 is 0. The van der Waals surface area contributed by atoms with Crippen molar-refractivity contribution in [2.45, 2.75) is 101 Å². The third-order valence-corrected chi connectivity index (χ3v) is 11.9. The summed E-state index contributed by atoms with van der Waals surface area (Å²) < 4.78 is 13.5. The molecule has 7 heteroatoms. The van der Waals surface area contributed by atoms with Crippen molar-refractivity contribution < 1.29 is 29.6 Å². The number of carboxylic acid groups (broad SMARTS) is 1. The Morgan fingerprint density at radius 2 is 1.89 bits per heavy atom. The summed E-state index contributed by atoms with van der Waals surface area (Å²) in [7, 11) is 1.83. The standard InChI is InChI=1S/C29H41NO4.CH2O2/c1-25(2,3)26(4,32)20-15-27-10-11-29(20,33-5)24-28(27)12-13-30(16-17-6-7-17)21(27)14-18-8-9-19(31)23(34-24)22(18)28;2-1-3/h8-9,17,20-21,24,31-32H,6-7,10-16H2,1-5H3;1H,(H,2,3)/t20-,21-,24-,26+,27-,28+,29+;/m1./s1. The lowest BCUT2D eigenvalue weighted by Crippen LogP contribution is -2.83. The van der Waals surface area contributed by atoms with Crippen molar-refractivity contribution in [2.24, 2.45) is 22.7 Å². The first-order valence-corrected chi connectivity index (χ1v) is 14.0.